The fraction of sp³-hybridized carbons (Fsp3) is 0. The van der Waals surface area contributed by atoms with Crippen LogP contribution in [0.4, 0.5) is 11.5 Å². The summed E-state index contributed by atoms with van der Waals surface area (Å²) < 4.78 is 32.8. The van der Waals surface area contributed by atoms with Crippen molar-refractivity contribution in [3.05, 3.63) is 59.8 Å². The smallest absolute Gasteiger partial charge is 0.296 e. The summed E-state index contributed by atoms with van der Waals surface area (Å²) in [5, 5.41) is 0.453. The van der Waals surface area contributed by atoms with E-state index in [1.807, 2.05) is 0 Å². The van der Waals surface area contributed by atoms with Gasteiger partial charge in [0.15, 0.2) is 0 Å². The molecule has 0 saturated heterocycles. The number of hydrogen-bond acceptors (Lipinski definition) is 6. The lowest BCUT2D eigenvalue weighted by Crippen LogP contribution is -2.41. The molecule has 0 atom stereocenters. The molecule has 2 aromatic carbocycles. The van der Waals surface area contributed by atoms with Crippen LogP contribution in [0.1, 0.15) is 20.7 Å². The number of pyridine rings is 1. The van der Waals surface area contributed by atoms with Crippen molar-refractivity contribution in [1.82, 2.24) is 4.98 Å². The molecule has 1 aliphatic heterocycles. The Morgan fingerprint density at radius 1 is 1.00 bits per heavy atom. The average Bonchev–Trinajstić information content (AvgIpc) is 2.61. The number of imide groups is 1. The minimum absolute atomic E-state index is 0.0531. The number of nitrogen functional groups attached to an aromatic ring is 1. The van der Waals surface area contributed by atoms with Gasteiger partial charge in [0.2, 0.25) is 0 Å². The summed E-state index contributed by atoms with van der Waals surface area (Å²) in [6, 6.07) is 10.3. The molecule has 0 spiro atoms. The highest BCUT2D eigenvalue weighted by molar-refractivity contribution is 7.86. The van der Waals surface area contributed by atoms with Gasteiger partial charge in [-0.25, -0.2) is 9.88 Å². The van der Waals surface area contributed by atoms with Crippen molar-refractivity contribution in [3.63, 3.8) is 0 Å². The SMILES string of the molecule is Nc1c(S(=O)(=O)O)cc2c3c(cccc13)C(=O)N(c1ccccn1)C2=O. The first kappa shape index (κ1) is 16.2. The second kappa shape index (κ2) is 5.35. The van der Waals surface area contributed by atoms with E-state index in [1.165, 1.54) is 30.5 Å². The molecular formula is C17H11N3O5S. The lowest BCUT2D eigenvalue weighted by Gasteiger charge is -2.27. The van der Waals surface area contributed by atoms with E-state index >= 15 is 0 Å². The molecule has 0 unspecified atom stereocenters. The maximum atomic E-state index is 13.0. The molecule has 9 heteroatoms. The first-order chi connectivity index (χ1) is 12.3. The summed E-state index contributed by atoms with van der Waals surface area (Å²) in [5.74, 6) is -1.23. The van der Waals surface area contributed by atoms with E-state index in [0.717, 1.165) is 11.0 Å². The van der Waals surface area contributed by atoms with Crippen LogP contribution < -0.4 is 10.6 Å². The highest BCUT2D eigenvalue weighted by Crippen LogP contribution is 2.38. The minimum Gasteiger partial charge on any atom is -0.397 e. The highest BCUT2D eigenvalue weighted by Gasteiger charge is 2.36. The highest BCUT2D eigenvalue weighted by atomic mass is 32.2. The molecule has 2 heterocycles. The number of aromatic nitrogens is 1. The third-order valence-corrected chi connectivity index (χ3v) is 5.08. The molecule has 0 aliphatic carbocycles. The van der Waals surface area contributed by atoms with Crippen LogP contribution in [0.3, 0.4) is 0 Å². The van der Waals surface area contributed by atoms with Crippen molar-refractivity contribution in [2.75, 3.05) is 10.6 Å². The molecule has 1 aliphatic rings. The zero-order valence-corrected chi connectivity index (χ0v) is 13.9. The van der Waals surface area contributed by atoms with Crippen LogP contribution >= 0.6 is 0 Å². The second-order valence-electron chi connectivity index (χ2n) is 5.67. The van der Waals surface area contributed by atoms with Crippen molar-refractivity contribution >= 4 is 44.2 Å². The van der Waals surface area contributed by atoms with Gasteiger partial charge in [-0.3, -0.25) is 14.1 Å². The van der Waals surface area contributed by atoms with E-state index in [1.54, 1.807) is 12.1 Å². The zero-order chi connectivity index (χ0) is 18.6. The van der Waals surface area contributed by atoms with Gasteiger partial charge in [-0.05, 0) is 24.3 Å². The van der Waals surface area contributed by atoms with E-state index in [4.69, 9.17) is 5.73 Å². The Morgan fingerprint density at radius 3 is 2.38 bits per heavy atom. The quantitative estimate of drug-likeness (QED) is 0.400. The molecule has 0 fully saturated rings. The number of amides is 2. The monoisotopic (exact) mass is 369 g/mol. The number of benzene rings is 2. The van der Waals surface area contributed by atoms with Gasteiger partial charge in [0.25, 0.3) is 21.9 Å². The van der Waals surface area contributed by atoms with Crippen LogP contribution in [0.25, 0.3) is 10.8 Å². The third kappa shape index (κ3) is 2.18. The van der Waals surface area contributed by atoms with Crippen molar-refractivity contribution in [3.8, 4) is 0 Å². The minimum atomic E-state index is -4.66. The Labute approximate surface area is 147 Å². The van der Waals surface area contributed by atoms with Gasteiger partial charge in [-0.1, -0.05) is 18.2 Å². The van der Waals surface area contributed by atoms with Crippen LogP contribution in [-0.4, -0.2) is 29.8 Å². The van der Waals surface area contributed by atoms with E-state index in [9.17, 15) is 22.6 Å². The fourth-order valence-electron chi connectivity index (χ4n) is 3.07. The average molecular weight is 369 g/mol. The molecule has 26 heavy (non-hydrogen) atoms. The van der Waals surface area contributed by atoms with Gasteiger partial charge in [0.05, 0.1) is 11.3 Å². The number of nitrogens with two attached hydrogens (primary N) is 1. The third-order valence-electron chi connectivity index (χ3n) is 4.19. The van der Waals surface area contributed by atoms with Gasteiger partial charge in [-0.15, -0.1) is 0 Å². The lowest BCUT2D eigenvalue weighted by atomic mass is 9.93. The van der Waals surface area contributed by atoms with Crippen molar-refractivity contribution in [2.45, 2.75) is 4.90 Å². The molecule has 8 nitrogen and oxygen atoms in total. The molecule has 1 aromatic heterocycles. The summed E-state index contributed by atoms with van der Waals surface area (Å²) in [4.78, 5) is 30.1. The summed E-state index contributed by atoms with van der Waals surface area (Å²) in [5.41, 5.74) is 5.79. The summed E-state index contributed by atoms with van der Waals surface area (Å²) >= 11 is 0. The molecule has 0 saturated carbocycles. The Kier molecular flexibility index (Phi) is 3.33. The Morgan fingerprint density at radius 2 is 1.73 bits per heavy atom. The first-order valence-electron chi connectivity index (χ1n) is 7.43. The summed E-state index contributed by atoms with van der Waals surface area (Å²) in [6.07, 6.45) is 1.43. The number of hydrogen-bond donors (Lipinski definition) is 2. The lowest BCUT2D eigenvalue weighted by molar-refractivity contribution is 0.0892. The van der Waals surface area contributed by atoms with Crippen molar-refractivity contribution in [1.29, 1.82) is 0 Å². The number of rotatable bonds is 2. The predicted octanol–water partition coefficient (Wildman–Crippen LogP) is 1.86. The van der Waals surface area contributed by atoms with Gasteiger partial charge >= 0.3 is 0 Å². The molecule has 130 valence electrons. The standard InChI is InChI=1S/C17H11N3O5S/c18-15-9-4-3-5-10-14(9)11(8-12(15)26(23,24)25)17(22)20(16(10)21)13-6-1-2-7-19-13/h1-8H,18H2,(H,23,24,25). The van der Waals surface area contributed by atoms with Gasteiger partial charge in [-0.2, -0.15) is 8.42 Å². The fourth-order valence-corrected chi connectivity index (χ4v) is 3.72. The van der Waals surface area contributed by atoms with Gasteiger partial charge in [0.1, 0.15) is 10.7 Å². The van der Waals surface area contributed by atoms with Gasteiger partial charge < -0.3 is 5.73 Å². The largest absolute Gasteiger partial charge is 0.397 e. The molecule has 3 aromatic rings. The molecule has 0 radical (unpaired) electrons. The maximum Gasteiger partial charge on any atom is 0.296 e. The number of carbonyl (C=O) groups excluding carboxylic acids is 2. The summed E-state index contributed by atoms with van der Waals surface area (Å²) in [7, 11) is -4.66. The number of carbonyl (C=O) groups is 2. The molecule has 3 N–H and O–H groups in total. The first-order valence-corrected chi connectivity index (χ1v) is 8.87. The van der Waals surface area contributed by atoms with Crippen LogP contribution in [0.15, 0.2) is 53.6 Å². The van der Waals surface area contributed by atoms with Crippen LogP contribution in [-0.2, 0) is 10.1 Å². The van der Waals surface area contributed by atoms with Crippen molar-refractivity contribution < 1.29 is 22.6 Å². The number of nitrogens with zero attached hydrogens (tertiary/aromatic N) is 2. The number of anilines is 2. The van der Waals surface area contributed by atoms with Gasteiger partial charge in [0, 0.05) is 22.5 Å². The summed E-state index contributed by atoms with van der Waals surface area (Å²) in [6.45, 7) is 0. The Hall–Kier alpha value is -3.30. The molecule has 2 amide bonds. The topological polar surface area (TPSA) is 131 Å². The van der Waals surface area contributed by atoms with E-state index in [-0.39, 0.29) is 33.4 Å². The maximum absolute atomic E-state index is 13.0. The van der Waals surface area contributed by atoms with E-state index in [2.05, 4.69) is 4.98 Å². The van der Waals surface area contributed by atoms with E-state index < -0.39 is 26.8 Å². The predicted molar refractivity (Wildman–Crippen MR) is 93.6 cm³/mol. The molecule has 4 rings (SSSR count). The van der Waals surface area contributed by atoms with E-state index in [0.29, 0.717) is 0 Å². The second-order valence-corrected chi connectivity index (χ2v) is 7.06. The molecule has 0 bridgehead atoms. The Bertz CT molecular complexity index is 1210. The molecular weight excluding hydrogens is 358 g/mol. The van der Waals surface area contributed by atoms with Crippen LogP contribution in [0.2, 0.25) is 0 Å². The van der Waals surface area contributed by atoms with Crippen molar-refractivity contribution in [2.24, 2.45) is 0 Å². The van der Waals surface area contributed by atoms with Crippen LogP contribution in [0, 0.1) is 0 Å². The zero-order valence-electron chi connectivity index (χ0n) is 13.1. The normalized spacial score (nSPS) is 14.1. The van der Waals surface area contributed by atoms with Crippen LogP contribution in [0.5, 0.6) is 0 Å². The Balaban J connectivity index is 2.10.